The molecule has 2 aromatic heterocycles. The van der Waals surface area contributed by atoms with Crippen molar-refractivity contribution < 1.29 is 13.6 Å². The molecule has 4 nitrogen and oxygen atoms in total. The van der Waals surface area contributed by atoms with Crippen LogP contribution in [-0.2, 0) is 30.3 Å². The first kappa shape index (κ1) is 23.8. The van der Waals surface area contributed by atoms with E-state index in [9.17, 15) is 4.79 Å². The largest absolute Gasteiger partial charge is 0.493 e. The number of benzene rings is 1. The molecule has 182 valence electrons. The number of hydrogen-bond donors (Lipinski definition) is 0. The standard InChI is InChI=1S/C28H36O4SSi/c1-17-18-11-9-15-30-21(18)14-13-19(17)24-22(16-31-34(5,6)28(2,3)4)32-27(29)26-25(24)20-10-7-8-12-23(20)33-26/h13-14H,7-12,15-16H2,1-6H3. The van der Waals surface area contributed by atoms with Gasteiger partial charge in [-0.25, -0.2) is 4.79 Å². The molecular weight excluding hydrogens is 460 g/mol. The SMILES string of the molecule is Cc1c(-c2c(CO[Si](C)(C)C(C)(C)C)oc(=O)c3sc4c(c23)CCCC4)ccc2c1CCCO2. The summed E-state index contributed by atoms with van der Waals surface area (Å²) < 4.78 is 19.4. The Morgan fingerprint density at radius 2 is 1.79 bits per heavy atom. The van der Waals surface area contributed by atoms with Gasteiger partial charge in [-0.15, -0.1) is 11.3 Å². The minimum Gasteiger partial charge on any atom is -0.493 e. The molecule has 0 saturated heterocycles. The van der Waals surface area contributed by atoms with E-state index in [1.165, 1.54) is 34.4 Å². The lowest BCUT2D eigenvalue weighted by Gasteiger charge is -2.36. The minimum absolute atomic E-state index is 0.0815. The van der Waals surface area contributed by atoms with Crippen molar-refractivity contribution in [1.82, 2.24) is 0 Å². The molecule has 1 aliphatic carbocycles. The monoisotopic (exact) mass is 496 g/mol. The maximum Gasteiger partial charge on any atom is 0.354 e. The van der Waals surface area contributed by atoms with Crippen LogP contribution in [0.5, 0.6) is 5.75 Å². The fraction of sp³-hybridized carbons (Fsp3) is 0.536. The quantitative estimate of drug-likeness (QED) is 0.350. The van der Waals surface area contributed by atoms with Gasteiger partial charge in [-0.1, -0.05) is 26.8 Å². The second kappa shape index (κ2) is 8.65. The average molecular weight is 497 g/mol. The summed E-state index contributed by atoms with van der Waals surface area (Å²) in [6, 6.07) is 4.27. The molecule has 5 rings (SSSR count). The molecular formula is C28H36O4SSi. The molecule has 6 heteroatoms. The van der Waals surface area contributed by atoms with Gasteiger partial charge in [0.25, 0.3) is 0 Å². The summed E-state index contributed by atoms with van der Waals surface area (Å²) in [5.74, 6) is 1.67. The van der Waals surface area contributed by atoms with E-state index in [1.54, 1.807) is 11.3 Å². The van der Waals surface area contributed by atoms with Gasteiger partial charge < -0.3 is 13.6 Å². The predicted octanol–water partition coefficient (Wildman–Crippen LogP) is 7.56. The van der Waals surface area contributed by atoms with Crippen molar-refractivity contribution in [2.24, 2.45) is 0 Å². The maximum atomic E-state index is 13.2. The van der Waals surface area contributed by atoms with Crippen molar-refractivity contribution in [2.45, 2.75) is 91.0 Å². The van der Waals surface area contributed by atoms with E-state index in [-0.39, 0.29) is 10.7 Å². The zero-order chi connectivity index (χ0) is 24.3. The summed E-state index contributed by atoms with van der Waals surface area (Å²) in [6.07, 6.45) is 6.50. The van der Waals surface area contributed by atoms with Gasteiger partial charge in [0.15, 0.2) is 8.32 Å². The van der Waals surface area contributed by atoms with Crippen LogP contribution in [0.4, 0.5) is 0 Å². The molecule has 0 saturated carbocycles. The Balaban J connectivity index is 1.75. The fourth-order valence-corrected chi connectivity index (χ4v) is 7.25. The first-order chi connectivity index (χ1) is 16.1. The second-order valence-corrected chi connectivity index (χ2v) is 17.2. The molecule has 3 heterocycles. The topological polar surface area (TPSA) is 48.7 Å². The Bertz CT molecular complexity index is 1310. The van der Waals surface area contributed by atoms with Crippen molar-refractivity contribution in [3.8, 4) is 16.9 Å². The number of hydrogen-bond acceptors (Lipinski definition) is 5. The maximum absolute atomic E-state index is 13.2. The number of thiophene rings is 1. The van der Waals surface area contributed by atoms with Crippen molar-refractivity contribution in [3.63, 3.8) is 0 Å². The summed E-state index contributed by atoms with van der Waals surface area (Å²) in [5.41, 5.74) is 5.87. The van der Waals surface area contributed by atoms with Crippen LogP contribution in [-0.4, -0.2) is 14.9 Å². The van der Waals surface area contributed by atoms with Gasteiger partial charge in [-0.3, -0.25) is 0 Å². The normalized spacial score (nSPS) is 16.3. The van der Waals surface area contributed by atoms with E-state index in [0.29, 0.717) is 12.4 Å². The van der Waals surface area contributed by atoms with Crippen LogP contribution in [0.3, 0.4) is 0 Å². The lowest BCUT2D eigenvalue weighted by atomic mass is 9.88. The molecule has 0 amide bonds. The van der Waals surface area contributed by atoms with Crippen LogP contribution in [0.2, 0.25) is 18.1 Å². The summed E-state index contributed by atoms with van der Waals surface area (Å²) in [6.45, 7) is 14.5. The summed E-state index contributed by atoms with van der Waals surface area (Å²) in [4.78, 5) is 14.6. The van der Waals surface area contributed by atoms with Crippen LogP contribution in [0.25, 0.3) is 21.2 Å². The summed E-state index contributed by atoms with van der Waals surface area (Å²) in [5, 5.41) is 1.20. The zero-order valence-corrected chi connectivity index (χ0v) is 23.2. The molecule has 0 atom stereocenters. The third-order valence-corrected chi connectivity index (χ3v) is 13.9. The molecule has 3 aromatic rings. The van der Waals surface area contributed by atoms with Crippen molar-refractivity contribution in [1.29, 1.82) is 0 Å². The molecule has 0 radical (unpaired) electrons. The van der Waals surface area contributed by atoms with Gasteiger partial charge in [-0.05, 0) is 91.9 Å². The van der Waals surface area contributed by atoms with Crippen LogP contribution >= 0.6 is 11.3 Å². The van der Waals surface area contributed by atoms with Gasteiger partial charge in [0.1, 0.15) is 16.2 Å². The fourth-order valence-electron chi connectivity index (χ4n) is 5.05. The number of aryl methyl sites for hydroxylation is 2. The highest BCUT2D eigenvalue weighted by atomic mass is 32.1. The van der Waals surface area contributed by atoms with E-state index >= 15 is 0 Å². The van der Waals surface area contributed by atoms with Crippen molar-refractivity contribution in [3.05, 3.63) is 49.9 Å². The van der Waals surface area contributed by atoms with E-state index in [0.717, 1.165) is 59.3 Å². The van der Waals surface area contributed by atoms with Crippen LogP contribution in [0, 0.1) is 6.92 Å². The summed E-state index contributed by atoms with van der Waals surface area (Å²) in [7, 11) is -2.03. The Hall–Kier alpha value is -1.89. The Labute approximate surface area is 207 Å². The lowest BCUT2D eigenvalue weighted by molar-refractivity contribution is 0.241. The molecule has 2 aliphatic rings. The number of ether oxygens (including phenoxy) is 1. The van der Waals surface area contributed by atoms with Gasteiger partial charge in [0.2, 0.25) is 0 Å². The van der Waals surface area contributed by atoms with Crippen molar-refractivity contribution in [2.75, 3.05) is 6.61 Å². The Morgan fingerprint density at radius 3 is 2.56 bits per heavy atom. The molecule has 0 bridgehead atoms. The van der Waals surface area contributed by atoms with E-state index < -0.39 is 8.32 Å². The average Bonchev–Trinajstić information content (AvgIpc) is 3.18. The number of fused-ring (bicyclic) bond motifs is 4. The van der Waals surface area contributed by atoms with Crippen LogP contribution < -0.4 is 10.4 Å². The van der Waals surface area contributed by atoms with E-state index in [4.69, 9.17) is 13.6 Å². The highest BCUT2D eigenvalue weighted by Gasteiger charge is 2.38. The predicted molar refractivity (Wildman–Crippen MR) is 143 cm³/mol. The molecule has 1 aliphatic heterocycles. The molecule has 34 heavy (non-hydrogen) atoms. The molecule has 0 spiro atoms. The minimum atomic E-state index is -2.03. The van der Waals surface area contributed by atoms with Gasteiger partial charge in [0.05, 0.1) is 13.2 Å². The zero-order valence-electron chi connectivity index (χ0n) is 21.4. The lowest BCUT2D eigenvalue weighted by Crippen LogP contribution is -2.40. The van der Waals surface area contributed by atoms with E-state index in [1.807, 2.05) is 0 Å². The Morgan fingerprint density at radius 1 is 1.06 bits per heavy atom. The molecule has 1 aromatic carbocycles. The smallest absolute Gasteiger partial charge is 0.354 e. The summed E-state index contributed by atoms with van der Waals surface area (Å²) >= 11 is 1.64. The molecule has 0 N–H and O–H groups in total. The highest BCUT2D eigenvalue weighted by Crippen LogP contribution is 2.45. The molecule has 0 fully saturated rings. The third-order valence-electron chi connectivity index (χ3n) is 8.13. The molecule has 0 unspecified atom stereocenters. The first-order valence-electron chi connectivity index (χ1n) is 12.6. The first-order valence-corrected chi connectivity index (χ1v) is 16.3. The van der Waals surface area contributed by atoms with Crippen LogP contribution in [0.1, 0.15) is 67.4 Å². The third kappa shape index (κ3) is 3.97. The van der Waals surface area contributed by atoms with Gasteiger partial charge in [0, 0.05) is 15.8 Å². The second-order valence-electron chi connectivity index (χ2n) is 11.3. The number of rotatable bonds is 4. The van der Waals surface area contributed by atoms with Crippen LogP contribution in [0.15, 0.2) is 21.3 Å². The Kier molecular flexibility index (Phi) is 6.06. The highest BCUT2D eigenvalue weighted by molar-refractivity contribution is 7.19. The van der Waals surface area contributed by atoms with E-state index in [2.05, 4.69) is 52.9 Å². The van der Waals surface area contributed by atoms with Crippen molar-refractivity contribution >= 4 is 29.7 Å². The van der Waals surface area contributed by atoms with Gasteiger partial charge in [-0.2, -0.15) is 0 Å². The van der Waals surface area contributed by atoms with Gasteiger partial charge >= 0.3 is 5.63 Å².